The van der Waals surface area contributed by atoms with Crippen LogP contribution in [0.2, 0.25) is 0 Å². The van der Waals surface area contributed by atoms with Gasteiger partial charge in [0, 0.05) is 58.0 Å². The second-order valence-electron chi connectivity index (χ2n) is 6.48. The first-order valence-corrected chi connectivity index (χ1v) is 8.64. The molecule has 0 aromatic carbocycles. The maximum absolute atomic E-state index is 4.69. The molecule has 0 bridgehead atoms. The van der Waals surface area contributed by atoms with Crippen molar-refractivity contribution >= 4 is 28.3 Å². The smallest absolute Gasteiger partial charge is 0.180 e. The van der Waals surface area contributed by atoms with Crippen molar-refractivity contribution in [3.63, 3.8) is 0 Å². The zero-order valence-corrected chi connectivity index (χ0v) is 14.7. The summed E-state index contributed by atoms with van der Waals surface area (Å²) in [7, 11) is 1.91. The minimum atomic E-state index is 0.766. The Kier molecular flexibility index (Phi) is 3.27. The number of nitrogens with zero attached hydrogens (tertiary/aromatic N) is 9. The molecule has 0 unspecified atom stereocenters. The first kappa shape index (κ1) is 15.1. The van der Waals surface area contributed by atoms with E-state index in [1.54, 1.807) is 10.9 Å². The van der Waals surface area contributed by atoms with Gasteiger partial charge >= 0.3 is 0 Å². The largest absolute Gasteiger partial charge is 0.352 e. The summed E-state index contributed by atoms with van der Waals surface area (Å²) in [5.41, 5.74) is 1.77. The topological polar surface area (TPSA) is 80.3 Å². The van der Waals surface area contributed by atoms with Gasteiger partial charge in [0.25, 0.3) is 0 Å². The van der Waals surface area contributed by atoms with E-state index < -0.39 is 0 Å². The van der Waals surface area contributed by atoms with Crippen molar-refractivity contribution in [1.29, 1.82) is 0 Å². The average molecular weight is 349 g/mol. The quantitative estimate of drug-likeness (QED) is 0.535. The minimum Gasteiger partial charge on any atom is -0.352 e. The number of anilines is 2. The summed E-state index contributed by atoms with van der Waals surface area (Å²) in [6.45, 7) is 5.39. The average Bonchev–Trinajstić information content (AvgIpc) is 3.28. The second kappa shape index (κ2) is 5.65. The molecule has 1 saturated heterocycles. The summed E-state index contributed by atoms with van der Waals surface area (Å²) in [5.74, 6) is 2.66. The number of aromatic nitrogens is 7. The van der Waals surface area contributed by atoms with Crippen molar-refractivity contribution in [2.45, 2.75) is 6.92 Å². The Balaban J connectivity index is 1.44. The SMILES string of the molecule is Cc1nc(N2CCN(c3nccn4ccnc34)CC2)c2cnn(C)c2n1. The molecule has 132 valence electrons. The summed E-state index contributed by atoms with van der Waals surface area (Å²) in [6, 6.07) is 0. The van der Waals surface area contributed by atoms with E-state index in [0.717, 1.165) is 60.3 Å². The van der Waals surface area contributed by atoms with Crippen molar-refractivity contribution in [2.75, 3.05) is 36.0 Å². The molecule has 0 atom stereocenters. The van der Waals surface area contributed by atoms with Crippen LogP contribution in [0.4, 0.5) is 11.6 Å². The lowest BCUT2D eigenvalue weighted by molar-refractivity contribution is 0.642. The van der Waals surface area contributed by atoms with Crippen LogP contribution in [0.3, 0.4) is 0 Å². The number of hydrogen-bond donors (Lipinski definition) is 0. The third kappa shape index (κ3) is 2.27. The van der Waals surface area contributed by atoms with Crippen LogP contribution < -0.4 is 9.80 Å². The fourth-order valence-electron chi connectivity index (χ4n) is 3.55. The van der Waals surface area contributed by atoms with E-state index in [1.165, 1.54) is 0 Å². The molecule has 4 aromatic heterocycles. The number of hydrogen-bond acceptors (Lipinski definition) is 7. The van der Waals surface area contributed by atoms with Gasteiger partial charge in [0.2, 0.25) is 0 Å². The molecule has 0 saturated carbocycles. The molecule has 0 N–H and O–H groups in total. The normalized spacial score (nSPS) is 15.3. The molecule has 0 amide bonds. The lowest BCUT2D eigenvalue weighted by Crippen LogP contribution is -2.47. The Morgan fingerprint density at radius 1 is 0.846 bits per heavy atom. The van der Waals surface area contributed by atoms with Crippen molar-refractivity contribution in [3.8, 4) is 0 Å². The summed E-state index contributed by atoms with van der Waals surface area (Å²) >= 11 is 0. The van der Waals surface area contributed by atoms with Crippen LogP contribution in [0.5, 0.6) is 0 Å². The van der Waals surface area contributed by atoms with Gasteiger partial charge in [0.15, 0.2) is 17.1 Å². The highest BCUT2D eigenvalue weighted by Gasteiger charge is 2.23. The van der Waals surface area contributed by atoms with Gasteiger partial charge in [-0.1, -0.05) is 0 Å². The monoisotopic (exact) mass is 349 g/mol. The third-order valence-electron chi connectivity index (χ3n) is 4.86. The first-order valence-electron chi connectivity index (χ1n) is 8.64. The third-order valence-corrected chi connectivity index (χ3v) is 4.86. The van der Waals surface area contributed by atoms with Crippen LogP contribution in [-0.2, 0) is 7.05 Å². The van der Waals surface area contributed by atoms with Crippen molar-refractivity contribution in [2.24, 2.45) is 7.05 Å². The van der Waals surface area contributed by atoms with E-state index in [9.17, 15) is 0 Å². The number of fused-ring (bicyclic) bond motifs is 2. The Labute approximate surface area is 149 Å². The molecule has 1 aliphatic heterocycles. The van der Waals surface area contributed by atoms with Gasteiger partial charge in [0.1, 0.15) is 11.6 Å². The van der Waals surface area contributed by atoms with E-state index in [-0.39, 0.29) is 0 Å². The van der Waals surface area contributed by atoms with E-state index >= 15 is 0 Å². The van der Waals surface area contributed by atoms with Crippen LogP contribution in [0.1, 0.15) is 5.82 Å². The van der Waals surface area contributed by atoms with Crippen LogP contribution in [0, 0.1) is 6.92 Å². The molecule has 1 aliphatic rings. The zero-order valence-electron chi connectivity index (χ0n) is 14.7. The highest BCUT2D eigenvalue weighted by Crippen LogP contribution is 2.26. The summed E-state index contributed by atoms with van der Waals surface area (Å²) in [4.78, 5) is 22.8. The molecule has 0 spiro atoms. The molecule has 5 rings (SSSR count). The molecule has 9 heteroatoms. The molecule has 26 heavy (non-hydrogen) atoms. The number of aryl methyl sites for hydroxylation is 2. The van der Waals surface area contributed by atoms with Crippen molar-refractivity contribution in [3.05, 3.63) is 36.8 Å². The van der Waals surface area contributed by atoms with Gasteiger partial charge in [-0.3, -0.25) is 4.68 Å². The van der Waals surface area contributed by atoms with Crippen molar-refractivity contribution in [1.82, 2.24) is 34.1 Å². The van der Waals surface area contributed by atoms with Gasteiger partial charge < -0.3 is 14.2 Å². The Morgan fingerprint density at radius 2 is 1.54 bits per heavy atom. The van der Waals surface area contributed by atoms with Gasteiger partial charge in [-0.2, -0.15) is 5.10 Å². The van der Waals surface area contributed by atoms with E-state index in [2.05, 4.69) is 34.8 Å². The Morgan fingerprint density at radius 3 is 2.31 bits per heavy atom. The predicted octanol–water partition coefficient (Wildman–Crippen LogP) is 1.04. The molecular weight excluding hydrogens is 330 g/mol. The molecule has 5 heterocycles. The number of piperazine rings is 1. The van der Waals surface area contributed by atoms with E-state index in [0.29, 0.717) is 0 Å². The Bertz CT molecular complexity index is 1090. The molecule has 0 aliphatic carbocycles. The maximum Gasteiger partial charge on any atom is 0.180 e. The fourth-order valence-corrected chi connectivity index (χ4v) is 3.55. The summed E-state index contributed by atoms with van der Waals surface area (Å²) < 4.78 is 3.80. The minimum absolute atomic E-state index is 0.766. The molecule has 9 nitrogen and oxygen atoms in total. The van der Waals surface area contributed by atoms with Crippen LogP contribution >= 0.6 is 0 Å². The fraction of sp³-hybridized carbons (Fsp3) is 0.353. The number of imidazole rings is 1. The van der Waals surface area contributed by atoms with Crippen LogP contribution in [-0.4, -0.2) is 60.3 Å². The molecule has 1 fully saturated rings. The standard InChI is InChI=1S/C17H19N9/c1-12-21-14-13(11-20-23(14)2)15(22-12)25-7-9-26(10-8-25)17-16-18-3-5-24(16)6-4-19-17/h3-6,11H,7-10H2,1-2H3. The highest BCUT2D eigenvalue weighted by molar-refractivity contribution is 5.87. The highest BCUT2D eigenvalue weighted by atomic mass is 15.3. The second-order valence-corrected chi connectivity index (χ2v) is 6.48. The van der Waals surface area contributed by atoms with Crippen LogP contribution in [0.25, 0.3) is 16.7 Å². The summed E-state index contributed by atoms with van der Waals surface area (Å²) in [6.07, 6.45) is 9.34. The molecule has 4 aromatic rings. The number of rotatable bonds is 2. The van der Waals surface area contributed by atoms with Gasteiger partial charge in [0.05, 0.1) is 11.6 Å². The lowest BCUT2D eigenvalue weighted by Gasteiger charge is -2.36. The first-order chi connectivity index (χ1) is 12.7. The maximum atomic E-state index is 4.69. The molecular formula is C17H19N9. The zero-order chi connectivity index (χ0) is 17.7. The van der Waals surface area contributed by atoms with Gasteiger partial charge in [-0.25, -0.2) is 19.9 Å². The molecule has 0 radical (unpaired) electrons. The van der Waals surface area contributed by atoms with E-state index in [1.807, 2.05) is 43.2 Å². The van der Waals surface area contributed by atoms with E-state index in [4.69, 9.17) is 0 Å². The van der Waals surface area contributed by atoms with Gasteiger partial charge in [-0.05, 0) is 6.92 Å². The predicted molar refractivity (Wildman–Crippen MR) is 98.5 cm³/mol. The van der Waals surface area contributed by atoms with Crippen molar-refractivity contribution < 1.29 is 0 Å². The van der Waals surface area contributed by atoms with Crippen LogP contribution in [0.15, 0.2) is 31.0 Å². The van der Waals surface area contributed by atoms with Gasteiger partial charge in [-0.15, -0.1) is 0 Å². The lowest BCUT2D eigenvalue weighted by atomic mass is 10.2. The Hall–Kier alpha value is -3.23. The summed E-state index contributed by atoms with van der Waals surface area (Å²) in [5, 5.41) is 5.34.